The number of cyclic esters (lactones) is 1. The van der Waals surface area contributed by atoms with Crippen LogP contribution in [0.4, 0.5) is 5.69 Å². The average molecular weight is 521 g/mol. The van der Waals surface area contributed by atoms with Crippen molar-refractivity contribution >= 4 is 33.5 Å². The number of hydrogen-bond acceptors (Lipinski definition) is 7. The number of aromatic nitrogens is 3. The molecule has 5 aromatic rings. The van der Waals surface area contributed by atoms with E-state index in [4.69, 9.17) is 20.4 Å². The number of anilines is 1. The highest BCUT2D eigenvalue weighted by Gasteiger charge is 2.34. The lowest BCUT2D eigenvalue weighted by Gasteiger charge is -2.21. The molecule has 2 aliphatic rings. The number of aliphatic hydroxyl groups excluding tert-OH is 1. The summed E-state index contributed by atoms with van der Waals surface area (Å²) >= 11 is 0. The van der Waals surface area contributed by atoms with E-state index in [1.165, 1.54) is 0 Å². The third kappa shape index (κ3) is 3.71. The number of fused-ring (bicyclic) bond motifs is 7. The van der Waals surface area contributed by atoms with Gasteiger partial charge in [0.15, 0.2) is 6.10 Å². The van der Waals surface area contributed by atoms with Gasteiger partial charge in [0.2, 0.25) is 0 Å². The van der Waals surface area contributed by atoms with Gasteiger partial charge >= 0.3 is 5.97 Å². The highest BCUT2D eigenvalue weighted by Crippen LogP contribution is 2.40. The highest BCUT2D eigenvalue weighted by molar-refractivity contribution is 6.09. The molecule has 1 unspecified atom stereocenters. The lowest BCUT2D eigenvalue weighted by atomic mass is 9.94. The van der Waals surface area contributed by atoms with Crippen LogP contribution in [0.2, 0.25) is 0 Å². The van der Waals surface area contributed by atoms with Crippen LogP contribution in [0.3, 0.4) is 0 Å². The quantitative estimate of drug-likeness (QED) is 0.189. The first-order valence-electron chi connectivity index (χ1n) is 13.2. The second-order valence-electron chi connectivity index (χ2n) is 9.51. The van der Waals surface area contributed by atoms with Crippen LogP contribution < -0.4 is 11.3 Å². The number of esters is 1. The van der Waals surface area contributed by atoms with Crippen molar-refractivity contribution in [2.45, 2.75) is 46.4 Å². The van der Waals surface area contributed by atoms with E-state index >= 15 is 0 Å². The molecule has 5 heterocycles. The van der Waals surface area contributed by atoms with Crippen molar-refractivity contribution in [1.29, 1.82) is 0 Å². The zero-order valence-electron chi connectivity index (χ0n) is 22.0. The molecule has 196 valence electrons. The number of carbonyl (C=O) groups excluding carboxylic acids is 1. The van der Waals surface area contributed by atoms with Gasteiger partial charge in [0, 0.05) is 39.3 Å². The zero-order chi connectivity index (χ0) is 27.4. The third-order valence-electron chi connectivity index (χ3n) is 7.50. The predicted octanol–water partition coefficient (Wildman–Crippen LogP) is 4.90. The molecule has 0 radical (unpaired) electrons. The molecule has 3 N–H and O–H groups in total. The number of rotatable bonds is 2. The first-order chi connectivity index (χ1) is 18.9. The van der Waals surface area contributed by atoms with Crippen LogP contribution in [-0.4, -0.2) is 25.6 Å². The van der Waals surface area contributed by atoms with Crippen molar-refractivity contribution in [3.05, 3.63) is 87.3 Å². The molecule has 0 saturated heterocycles. The molecule has 0 fully saturated rings. The summed E-state index contributed by atoms with van der Waals surface area (Å²) in [6.45, 7) is 6.33. The Morgan fingerprint density at radius 3 is 2.51 bits per heavy atom. The van der Waals surface area contributed by atoms with Gasteiger partial charge in [-0.3, -0.25) is 9.78 Å². The summed E-state index contributed by atoms with van der Waals surface area (Å²) in [5.41, 5.74) is 14.0. The van der Waals surface area contributed by atoms with E-state index in [1.807, 2.05) is 56.4 Å². The number of benzene rings is 2. The Bertz CT molecular complexity index is 1860. The molecule has 39 heavy (non-hydrogen) atoms. The Labute approximate surface area is 224 Å². The van der Waals surface area contributed by atoms with E-state index in [1.54, 1.807) is 10.6 Å². The number of hydrogen-bond donors (Lipinski definition) is 2. The summed E-state index contributed by atoms with van der Waals surface area (Å²) in [6, 6.07) is 15.5. The van der Waals surface area contributed by atoms with Crippen LogP contribution in [0, 0.1) is 0 Å². The highest BCUT2D eigenvalue weighted by atomic mass is 16.5. The fourth-order valence-corrected chi connectivity index (χ4v) is 5.64. The molecule has 2 aliphatic heterocycles. The van der Waals surface area contributed by atoms with E-state index in [0.29, 0.717) is 34.7 Å². The van der Waals surface area contributed by atoms with E-state index in [9.17, 15) is 14.7 Å². The number of ether oxygens (including phenoxy) is 1. The van der Waals surface area contributed by atoms with Crippen LogP contribution in [0.25, 0.3) is 44.3 Å². The molecule has 8 heteroatoms. The predicted molar refractivity (Wildman–Crippen MR) is 151 cm³/mol. The largest absolute Gasteiger partial charge is 0.458 e. The van der Waals surface area contributed by atoms with E-state index in [-0.39, 0.29) is 12.2 Å². The van der Waals surface area contributed by atoms with Gasteiger partial charge in [-0.25, -0.2) is 9.78 Å². The summed E-state index contributed by atoms with van der Waals surface area (Å²) in [5, 5.41) is 12.4. The minimum absolute atomic E-state index is 0.138. The van der Waals surface area contributed by atoms with Gasteiger partial charge in [-0.2, -0.15) is 0 Å². The lowest BCUT2D eigenvalue weighted by Crippen LogP contribution is -2.32. The molecule has 0 amide bonds. The van der Waals surface area contributed by atoms with Gasteiger partial charge in [-0.05, 0) is 53.9 Å². The van der Waals surface area contributed by atoms with Gasteiger partial charge in [0.25, 0.3) is 5.56 Å². The maximum atomic E-state index is 13.4. The normalized spacial score (nSPS) is 15.3. The molecular formula is C31H28N4O4. The molecule has 2 aromatic carbocycles. The summed E-state index contributed by atoms with van der Waals surface area (Å²) in [4.78, 5) is 35.1. The monoisotopic (exact) mass is 520 g/mol. The van der Waals surface area contributed by atoms with Crippen LogP contribution in [-0.2, 0) is 29.1 Å². The molecule has 0 saturated carbocycles. The van der Waals surface area contributed by atoms with Crippen molar-refractivity contribution in [2.24, 2.45) is 0 Å². The van der Waals surface area contributed by atoms with Crippen molar-refractivity contribution in [3.63, 3.8) is 0 Å². The number of carbonyl (C=O) groups is 1. The fraction of sp³-hybridized carbons (Fsp3) is 0.226. The second-order valence-corrected chi connectivity index (χ2v) is 9.51. The van der Waals surface area contributed by atoms with Gasteiger partial charge in [0.1, 0.15) is 6.61 Å². The first-order valence-corrected chi connectivity index (χ1v) is 13.2. The minimum Gasteiger partial charge on any atom is -0.458 e. The molecule has 0 spiro atoms. The van der Waals surface area contributed by atoms with E-state index in [0.717, 1.165) is 50.5 Å². The topological polar surface area (TPSA) is 120 Å². The number of aliphatic hydroxyl groups is 1. The molecule has 0 bridgehead atoms. The van der Waals surface area contributed by atoms with Crippen LogP contribution in [0.5, 0.6) is 0 Å². The Morgan fingerprint density at radius 1 is 1.03 bits per heavy atom. The molecule has 0 aliphatic carbocycles. The number of nitrogens with two attached hydrogens (primary N) is 1. The Morgan fingerprint density at radius 2 is 1.77 bits per heavy atom. The van der Waals surface area contributed by atoms with Gasteiger partial charge in [-0.15, -0.1) is 0 Å². The number of pyridine rings is 3. The number of nitrogen functional groups attached to an aromatic ring is 1. The second kappa shape index (κ2) is 9.32. The SMILES string of the molecule is CC.CCc1c2c(nc3ccc4ncc(-c5ccc(N)cc5)cc4c13)-c1cc3c(c(=O)n1C2)COC(=O)C3O. The fourth-order valence-electron chi connectivity index (χ4n) is 5.64. The third-order valence-corrected chi connectivity index (χ3v) is 7.50. The van der Waals surface area contributed by atoms with Crippen LogP contribution in [0.1, 0.15) is 49.1 Å². The summed E-state index contributed by atoms with van der Waals surface area (Å²) in [6.07, 6.45) is 1.12. The maximum Gasteiger partial charge on any atom is 0.340 e. The summed E-state index contributed by atoms with van der Waals surface area (Å²) in [7, 11) is 0. The Hall–Kier alpha value is -4.56. The standard InChI is InChI=1S/C29H22N4O4.C2H6/c1-2-17-20-12-33-24(10-18-21(28(33)35)13-37-29(36)27(18)34)26(20)32-23-8-7-22-19(25(17)23)9-15(11-31-22)14-3-5-16(30)6-4-14;1-2/h3-11,27,34H,2,12-13,30H2,1H3;1-2H3. The lowest BCUT2D eigenvalue weighted by molar-refractivity contribution is -0.157. The van der Waals surface area contributed by atoms with Gasteiger partial charge < -0.3 is 20.1 Å². The van der Waals surface area contributed by atoms with Crippen LogP contribution >= 0.6 is 0 Å². The first kappa shape index (κ1) is 24.8. The zero-order valence-corrected chi connectivity index (χ0v) is 22.0. The van der Waals surface area contributed by atoms with Crippen molar-refractivity contribution in [1.82, 2.24) is 14.5 Å². The Kier molecular flexibility index (Phi) is 5.92. The van der Waals surface area contributed by atoms with Gasteiger partial charge in [0.05, 0.1) is 34.5 Å². The summed E-state index contributed by atoms with van der Waals surface area (Å²) in [5.74, 6) is -0.744. The van der Waals surface area contributed by atoms with Crippen molar-refractivity contribution in [3.8, 4) is 22.5 Å². The van der Waals surface area contributed by atoms with Crippen LogP contribution in [0.15, 0.2) is 59.5 Å². The van der Waals surface area contributed by atoms with E-state index in [2.05, 4.69) is 13.0 Å². The molecular weight excluding hydrogens is 492 g/mol. The van der Waals surface area contributed by atoms with E-state index < -0.39 is 12.1 Å². The molecule has 1 atom stereocenters. The van der Waals surface area contributed by atoms with Crippen molar-refractivity contribution in [2.75, 3.05) is 5.73 Å². The molecule has 8 nitrogen and oxygen atoms in total. The van der Waals surface area contributed by atoms with Crippen molar-refractivity contribution < 1.29 is 14.6 Å². The number of nitrogens with zero attached hydrogens (tertiary/aromatic N) is 3. The maximum absolute atomic E-state index is 13.4. The average Bonchev–Trinajstić information content (AvgIpc) is 3.33. The summed E-state index contributed by atoms with van der Waals surface area (Å²) < 4.78 is 6.68. The molecule has 7 rings (SSSR count). The minimum atomic E-state index is -1.47. The Balaban J connectivity index is 0.00000135. The smallest absolute Gasteiger partial charge is 0.340 e. The number of aryl methyl sites for hydroxylation is 1. The molecule has 3 aromatic heterocycles. The van der Waals surface area contributed by atoms with Gasteiger partial charge in [-0.1, -0.05) is 32.9 Å².